The molecule has 21 heavy (non-hydrogen) atoms. The van der Waals surface area contributed by atoms with Gasteiger partial charge in [0.2, 0.25) is 0 Å². The molecule has 0 amide bonds. The Morgan fingerprint density at radius 1 is 1.24 bits per heavy atom. The van der Waals surface area contributed by atoms with Gasteiger partial charge in [0.1, 0.15) is 22.3 Å². The van der Waals surface area contributed by atoms with E-state index in [-0.39, 0.29) is 11.4 Å². The zero-order chi connectivity index (χ0) is 15.0. The van der Waals surface area contributed by atoms with Crippen molar-refractivity contribution in [3.8, 4) is 27.5 Å². The van der Waals surface area contributed by atoms with E-state index in [1.54, 1.807) is 6.07 Å². The molecule has 3 rings (SSSR count). The normalized spacial score (nSPS) is 10.8. The molecule has 0 aliphatic heterocycles. The van der Waals surface area contributed by atoms with Gasteiger partial charge in [0, 0.05) is 6.07 Å². The maximum atomic E-state index is 13.4. The van der Waals surface area contributed by atoms with Crippen molar-refractivity contribution in [2.24, 2.45) is 0 Å². The number of hydrogen-bond donors (Lipinski definition) is 1. The Morgan fingerprint density at radius 2 is 1.95 bits per heavy atom. The second kappa shape index (κ2) is 5.17. The smallest absolute Gasteiger partial charge is 0.190 e. The average Bonchev–Trinajstić information content (AvgIpc) is 3.02. The van der Waals surface area contributed by atoms with Crippen LogP contribution in [0.25, 0.3) is 21.8 Å². The molecule has 3 aromatic rings. The molecule has 0 saturated carbocycles. The molecule has 7 heteroatoms. The third kappa shape index (κ3) is 2.36. The summed E-state index contributed by atoms with van der Waals surface area (Å²) in [5.41, 5.74) is 6.39. The van der Waals surface area contributed by atoms with E-state index in [4.69, 9.17) is 15.0 Å². The van der Waals surface area contributed by atoms with Crippen LogP contribution in [0.2, 0.25) is 0 Å². The van der Waals surface area contributed by atoms with Crippen LogP contribution in [-0.2, 0) is 0 Å². The van der Waals surface area contributed by atoms with Gasteiger partial charge in [-0.25, -0.2) is 8.78 Å². The lowest BCUT2D eigenvalue weighted by atomic mass is 10.0. The van der Waals surface area contributed by atoms with Gasteiger partial charge in [0.05, 0.1) is 12.7 Å². The van der Waals surface area contributed by atoms with E-state index in [2.05, 4.69) is 5.16 Å². The summed E-state index contributed by atoms with van der Waals surface area (Å²) < 4.78 is 37.3. The summed E-state index contributed by atoms with van der Waals surface area (Å²) in [6.45, 7) is 0. The van der Waals surface area contributed by atoms with Gasteiger partial charge in [-0.2, -0.15) is 0 Å². The van der Waals surface area contributed by atoms with Crippen LogP contribution in [0.4, 0.5) is 14.6 Å². The minimum Gasteiger partial charge on any atom is -0.495 e. The van der Waals surface area contributed by atoms with Crippen molar-refractivity contribution in [2.75, 3.05) is 12.8 Å². The Kier molecular flexibility index (Phi) is 3.34. The van der Waals surface area contributed by atoms with E-state index in [9.17, 15) is 8.78 Å². The van der Waals surface area contributed by atoms with Gasteiger partial charge in [-0.3, -0.25) is 0 Å². The highest BCUT2D eigenvalue weighted by atomic mass is 32.1. The molecule has 0 radical (unpaired) electrons. The summed E-state index contributed by atoms with van der Waals surface area (Å²) in [5, 5.41) is 5.50. The predicted molar refractivity (Wildman–Crippen MR) is 76.1 cm³/mol. The lowest BCUT2D eigenvalue weighted by Gasteiger charge is -2.04. The molecule has 0 fully saturated rings. The average molecular weight is 308 g/mol. The predicted octanol–water partition coefficient (Wildman–Crippen LogP) is 3.94. The zero-order valence-corrected chi connectivity index (χ0v) is 11.7. The van der Waals surface area contributed by atoms with Gasteiger partial charge in [-0.05, 0) is 29.1 Å². The monoisotopic (exact) mass is 308 g/mol. The van der Waals surface area contributed by atoms with Crippen LogP contribution in [0.3, 0.4) is 0 Å². The highest BCUT2D eigenvalue weighted by molar-refractivity contribution is 7.14. The Balaban J connectivity index is 2.22. The molecule has 0 bridgehead atoms. The standard InChI is InChI=1S/C14H10F2N2O2S/c1-19-10-2-3-21-13(10)12-11(14(17)18-20-12)7-4-8(15)6-9(16)5-7/h2-6H,1H3,(H2,17,18). The van der Waals surface area contributed by atoms with Gasteiger partial charge in [0.15, 0.2) is 11.6 Å². The maximum Gasteiger partial charge on any atom is 0.190 e. The van der Waals surface area contributed by atoms with Crippen molar-refractivity contribution in [3.63, 3.8) is 0 Å². The highest BCUT2D eigenvalue weighted by Gasteiger charge is 2.22. The fourth-order valence-electron chi connectivity index (χ4n) is 2.06. The quantitative estimate of drug-likeness (QED) is 0.796. The Hall–Kier alpha value is -2.41. The van der Waals surface area contributed by atoms with Crippen molar-refractivity contribution in [3.05, 3.63) is 41.3 Å². The number of benzene rings is 1. The van der Waals surface area contributed by atoms with Crippen molar-refractivity contribution < 1.29 is 18.0 Å². The minimum absolute atomic E-state index is 0.0606. The van der Waals surface area contributed by atoms with E-state index in [1.165, 1.54) is 30.6 Å². The molecule has 0 unspecified atom stereocenters. The fourth-order valence-corrected chi connectivity index (χ4v) is 2.90. The molecule has 0 aliphatic rings. The SMILES string of the molecule is COc1ccsc1-c1onc(N)c1-c1cc(F)cc(F)c1. The van der Waals surface area contributed by atoms with Gasteiger partial charge < -0.3 is 15.0 Å². The third-order valence-corrected chi connectivity index (χ3v) is 3.82. The summed E-state index contributed by atoms with van der Waals surface area (Å²) in [6.07, 6.45) is 0. The van der Waals surface area contributed by atoms with E-state index in [1.807, 2.05) is 5.38 Å². The van der Waals surface area contributed by atoms with Crippen LogP contribution >= 0.6 is 11.3 Å². The molecule has 4 nitrogen and oxygen atoms in total. The lowest BCUT2D eigenvalue weighted by molar-refractivity contribution is 0.409. The first-order valence-corrected chi connectivity index (χ1v) is 6.81. The number of halogens is 2. The number of nitrogens with two attached hydrogens (primary N) is 1. The van der Waals surface area contributed by atoms with Crippen LogP contribution < -0.4 is 10.5 Å². The molecule has 2 aromatic heterocycles. The first-order valence-electron chi connectivity index (χ1n) is 5.93. The maximum absolute atomic E-state index is 13.4. The van der Waals surface area contributed by atoms with Crippen molar-refractivity contribution in [2.45, 2.75) is 0 Å². The minimum atomic E-state index is -0.699. The molecular formula is C14H10F2N2O2S. The second-order valence-corrected chi connectivity index (χ2v) is 5.16. The lowest BCUT2D eigenvalue weighted by Crippen LogP contribution is -1.91. The van der Waals surface area contributed by atoms with Crippen molar-refractivity contribution >= 4 is 17.2 Å². The zero-order valence-electron chi connectivity index (χ0n) is 10.9. The van der Waals surface area contributed by atoms with Gasteiger partial charge in [-0.15, -0.1) is 11.3 Å². The summed E-state index contributed by atoms with van der Waals surface area (Å²) in [7, 11) is 1.52. The molecule has 2 N–H and O–H groups in total. The summed E-state index contributed by atoms with van der Waals surface area (Å²) >= 11 is 1.36. The first-order chi connectivity index (χ1) is 10.1. The van der Waals surface area contributed by atoms with Crippen molar-refractivity contribution in [1.82, 2.24) is 5.16 Å². The summed E-state index contributed by atoms with van der Waals surface area (Å²) in [6, 6.07) is 4.90. The Morgan fingerprint density at radius 3 is 2.62 bits per heavy atom. The third-order valence-electron chi connectivity index (χ3n) is 2.92. The number of aromatic nitrogens is 1. The number of anilines is 1. The largest absolute Gasteiger partial charge is 0.495 e. The first kappa shape index (κ1) is 13.6. The molecule has 0 atom stereocenters. The number of ether oxygens (including phenoxy) is 1. The van der Waals surface area contributed by atoms with Crippen LogP contribution in [0.5, 0.6) is 5.75 Å². The molecule has 0 spiro atoms. The molecule has 0 saturated heterocycles. The summed E-state index contributed by atoms with van der Waals surface area (Å²) in [4.78, 5) is 0.654. The van der Waals surface area contributed by atoms with E-state index in [0.29, 0.717) is 22.0 Å². The van der Waals surface area contributed by atoms with Crippen LogP contribution in [0.15, 0.2) is 34.2 Å². The van der Waals surface area contributed by atoms with Crippen LogP contribution in [0.1, 0.15) is 0 Å². The Bertz CT molecular complexity index is 778. The second-order valence-electron chi connectivity index (χ2n) is 4.25. The van der Waals surface area contributed by atoms with Crippen LogP contribution in [0, 0.1) is 11.6 Å². The highest BCUT2D eigenvalue weighted by Crippen LogP contribution is 2.43. The van der Waals surface area contributed by atoms with Crippen molar-refractivity contribution in [1.29, 1.82) is 0 Å². The number of nitrogens with zero attached hydrogens (tertiary/aromatic N) is 1. The number of thiophene rings is 1. The molecule has 1 aromatic carbocycles. The van der Waals surface area contributed by atoms with Gasteiger partial charge >= 0.3 is 0 Å². The Labute approximate surface area is 122 Å². The fraction of sp³-hybridized carbons (Fsp3) is 0.0714. The molecule has 108 valence electrons. The van der Waals surface area contributed by atoms with E-state index < -0.39 is 11.6 Å². The number of nitrogen functional groups attached to an aromatic ring is 1. The van der Waals surface area contributed by atoms with Gasteiger partial charge in [0.25, 0.3) is 0 Å². The number of methoxy groups -OCH3 is 1. The molecule has 0 aliphatic carbocycles. The van der Waals surface area contributed by atoms with Gasteiger partial charge in [-0.1, -0.05) is 5.16 Å². The summed E-state index contributed by atoms with van der Waals surface area (Å²) in [5.74, 6) is -0.437. The van der Waals surface area contributed by atoms with E-state index >= 15 is 0 Å². The van der Waals surface area contributed by atoms with Crippen LogP contribution in [-0.4, -0.2) is 12.3 Å². The molecule has 2 heterocycles. The molecular weight excluding hydrogens is 298 g/mol. The number of hydrogen-bond acceptors (Lipinski definition) is 5. The number of rotatable bonds is 3. The van der Waals surface area contributed by atoms with E-state index in [0.717, 1.165) is 6.07 Å². The topological polar surface area (TPSA) is 61.3 Å².